The molecule has 1 rings (SSSR count). The van der Waals surface area contributed by atoms with Gasteiger partial charge in [0, 0.05) is 6.54 Å². The van der Waals surface area contributed by atoms with Crippen LogP contribution in [0.25, 0.3) is 0 Å². The number of hydrogen-bond acceptors (Lipinski definition) is 3. The maximum absolute atomic E-state index is 12.2. The van der Waals surface area contributed by atoms with E-state index in [1.165, 1.54) is 0 Å². The Bertz CT molecular complexity index is 296. The molecule has 17 heavy (non-hydrogen) atoms. The zero-order chi connectivity index (χ0) is 13.1. The molecule has 0 saturated carbocycles. The lowest BCUT2D eigenvalue weighted by Crippen LogP contribution is -2.51. The summed E-state index contributed by atoms with van der Waals surface area (Å²) in [6.45, 7) is 7.02. The molecule has 98 valence electrons. The van der Waals surface area contributed by atoms with Crippen LogP contribution >= 0.6 is 0 Å². The van der Waals surface area contributed by atoms with Gasteiger partial charge < -0.3 is 15.7 Å². The first-order valence-corrected chi connectivity index (χ1v) is 6.17. The Morgan fingerprint density at radius 2 is 2.12 bits per heavy atom. The van der Waals surface area contributed by atoms with Gasteiger partial charge in [-0.05, 0) is 25.3 Å². The van der Waals surface area contributed by atoms with E-state index >= 15 is 0 Å². The lowest BCUT2D eigenvalue weighted by Gasteiger charge is -2.28. The predicted molar refractivity (Wildman–Crippen MR) is 64.6 cm³/mol. The molecule has 5 nitrogen and oxygen atoms in total. The SMILES string of the molecule is CCC1(C(=O)NC(C(=O)O)C(C)C)CCNC1. The van der Waals surface area contributed by atoms with Crippen molar-refractivity contribution in [3.8, 4) is 0 Å². The maximum atomic E-state index is 12.2. The molecule has 1 saturated heterocycles. The first-order valence-electron chi connectivity index (χ1n) is 6.17. The van der Waals surface area contributed by atoms with Crippen LogP contribution in [0.4, 0.5) is 0 Å². The molecule has 0 bridgehead atoms. The number of hydrogen-bond donors (Lipinski definition) is 3. The number of carboxylic acid groups (broad SMARTS) is 1. The van der Waals surface area contributed by atoms with Crippen molar-refractivity contribution >= 4 is 11.9 Å². The standard InChI is InChI=1S/C12H22N2O3/c1-4-12(5-6-13-7-12)11(17)14-9(8(2)3)10(15)16/h8-9,13H,4-7H2,1-3H3,(H,14,17)(H,15,16). The van der Waals surface area contributed by atoms with Crippen LogP contribution in [-0.4, -0.2) is 36.1 Å². The van der Waals surface area contributed by atoms with Crippen LogP contribution in [0.15, 0.2) is 0 Å². The highest BCUT2D eigenvalue weighted by Gasteiger charge is 2.41. The number of nitrogens with one attached hydrogen (secondary N) is 2. The van der Waals surface area contributed by atoms with Gasteiger partial charge >= 0.3 is 5.97 Å². The highest BCUT2D eigenvalue weighted by atomic mass is 16.4. The fourth-order valence-electron chi connectivity index (χ4n) is 2.21. The van der Waals surface area contributed by atoms with E-state index in [0.29, 0.717) is 6.54 Å². The van der Waals surface area contributed by atoms with Crippen LogP contribution in [0.1, 0.15) is 33.6 Å². The van der Waals surface area contributed by atoms with Crippen LogP contribution in [0.3, 0.4) is 0 Å². The number of aliphatic carboxylic acids is 1. The van der Waals surface area contributed by atoms with E-state index in [1.807, 2.05) is 6.92 Å². The highest BCUT2D eigenvalue weighted by Crippen LogP contribution is 2.29. The summed E-state index contributed by atoms with van der Waals surface area (Å²) in [5.74, 6) is -1.21. The van der Waals surface area contributed by atoms with E-state index in [4.69, 9.17) is 5.11 Å². The van der Waals surface area contributed by atoms with Crippen molar-refractivity contribution in [2.24, 2.45) is 11.3 Å². The van der Waals surface area contributed by atoms with E-state index in [2.05, 4.69) is 10.6 Å². The Labute approximate surface area is 102 Å². The summed E-state index contributed by atoms with van der Waals surface area (Å²) in [5.41, 5.74) is -0.428. The molecule has 2 atom stereocenters. The van der Waals surface area contributed by atoms with Gasteiger partial charge in [-0.2, -0.15) is 0 Å². The fourth-order valence-corrected chi connectivity index (χ4v) is 2.21. The van der Waals surface area contributed by atoms with E-state index < -0.39 is 17.4 Å². The Morgan fingerprint density at radius 1 is 1.47 bits per heavy atom. The lowest BCUT2D eigenvalue weighted by molar-refractivity contribution is -0.145. The molecule has 1 amide bonds. The van der Waals surface area contributed by atoms with Gasteiger partial charge in [-0.1, -0.05) is 20.8 Å². The zero-order valence-electron chi connectivity index (χ0n) is 10.7. The lowest BCUT2D eigenvalue weighted by atomic mass is 9.83. The largest absolute Gasteiger partial charge is 0.480 e. The first-order chi connectivity index (χ1) is 7.93. The van der Waals surface area contributed by atoms with Crippen molar-refractivity contribution in [1.29, 1.82) is 0 Å². The molecule has 1 heterocycles. The van der Waals surface area contributed by atoms with Crippen molar-refractivity contribution in [2.45, 2.75) is 39.7 Å². The number of carbonyl (C=O) groups excluding carboxylic acids is 1. The van der Waals surface area contributed by atoms with Crippen molar-refractivity contribution in [3.63, 3.8) is 0 Å². The van der Waals surface area contributed by atoms with Crippen LogP contribution in [0.2, 0.25) is 0 Å². The fraction of sp³-hybridized carbons (Fsp3) is 0.833. The average Bonchev–Trinajstić information content (AvgIpc) is 2.74. The van der Waals surface area contributed by atoms with E-state index in [1.54, 1.807) is 13.8 Å². The smallest absolute Gasteiger partial charge is 0.326 e. The second kappa shape index (κ2) is 5.49. The molecule has 0 radical (unpaired) electrons. The van der Waals surface area contributed by atoms with Gasteiger partial charge in [0.2, 0.25) is 5.91 Å². The summed E-state index contributed by atoms with van der Waals surface area (Å²) in [7, 11) is 0. The van der Waals surface area contributed by atoms with Gasteiger partial charge in [0.1, 0.15) is 6.04 Å². The minimum absolute atomic E-state index is 0.111. The summed E-state index contributed by atoms with van der Waals surface area (Å²) in [6.07, 6.45) is 1.51. The summed E-state index contributed by atoms with van der Waals surface area (Å²) in [5, 5.41) is 14.9. The number of carboxylic acids is 1. The first kappa shape index (κ1) is 14.0. The molecule has 5 heteroatoms. The highest BCUT2D eigenvalue weighted by molar-refractivity contribution is 5.88. The molecule has 3 N–H and O–H groups in total. The van der Waals surface area contributed by atoms with Gasteiger partial charge in [-0.25, -0.2) is 4.79 Å². The molecule has 1 aliphatic rings. The Balaban J connectivity index is 2.72. The second-order valence-corrected chi connectivity index (χ2v) is 5.09. The van der Waals surface area contributed by atoms with Gasteiger partial charge in [-0.15, -0.1) is 0 Å². The number of amides is 1. The van der Waals surface area contributed by atoms with E-state index in [0.717, 1.165) is 19.4 Å². The molecule has 0 aromatic heterocycles. The monoisotopic (exact) mass is 242 g/mol. The van der Waals surface area contributed by atoms with Crippen molar-refractivity contribution in [2.75, 3.05) is 13.1 Å². The summed E-state index contributed by atoms with van der Waals surface area (Å²) in [4.78, 5) is 23.3. The summed E-state index contributed by atoms with van der Waals surface area (Å²) >= 11 is 0. The molecular weight excluding hydrogens is 220 g/mol. The van der Waals surface area contributed by atoms with Crippen molar-refractivity contribution < 1.29 is 14.7 Å². The Hall–Kier alpha value is -1.10. The minimum Gasteiger partial charge on any atom is -0.480 e. The van der Waals surface area contributed by atoms with Crippen LogP contribution in [0, 0.1) is 11.3 Å². The molecule has 0 spiro atoms. The van der Waals surface area contributed by atoms with E-state index in [-0.39, 0.29) is 11.8 Å². The molecule has 1 fully saturated rings. The molecule has 0 aliphatic carbocycles. The quantitative estimate of drug-likeness (QED) is 0.659. The van der Waals surface area contributed by atoms with Crippen molar-refractivity contribution in [1.82, 2.24) is 10.6 Å². The number of rotatable bonds is 5. The van der Waals surface area contributed by atoms with Crippen LogP contribution < -0.4 is 10.6 Å². The normalized spacial score (nSPS) is 25.9. The molecule has 0 aromatic rings. The van der Waals surface area contributed by atoms with Crippen molar-refractivity contribution in [3.05, 3.63) is 0 Å². The topological polar surface area (TPSA) is 78.4 Å². The summed E-state index contributed by atoms with van der Waals surface area (Å²) in [6, 6.07) is -0.800. The molecular formula is C12H22N2O3. The third-order valence-electron chi connectivity index (χ3n) is 3.62. The van der Waals surface area contributed by atoms with Gasteiger partial charge in [0.05, 0.1) is 5.41 Å². The predicted octanol–water partition coefficient (Wildman–Crippen LogP) is 0.601. The summed E-state index contributed by atoms with van der Waals surface area (Å²) < 4.78 is 0. The molecule has 2 unspecified atom stereocenters. The van der Waals surface area contributed by atoms with Crippen LogP contribution in [-0.2, 0) is 9.59 Å². The van der Waals surface area contributed by atoms with E-state index in [9.17, 15) is 9.59 Å². The van der Waals surface area contributed by atoms with Gasteiger partial charge in [0.25, 0.3) is 0 Å². The van der Waals surface area contributed by atoms with Crippen LogP contribution in [0.5, 0.6) is 0 Å². The molecule has 0 aromatic carbocycles. The number of carbonyl (C=O) groups is 2. The Morgan fingerprint density at radius 3 is 2.47 bits per heavy atom. The minimum atomic E-state index is -0.967. The maximum Gasteiger partial charge on any atom is 0.326 e. The second-order valence-electron chi connectivity index (χ2n) is 5.09. The van der Waals surface area contributed by atoms with Gasteiger partial charge in [0.15, 0.2) is 0 Å². The third-order valence-corrected chi connectivity index (χ3v) is 3.62. The van der Waals surface area contributed by atoms with Gasteiger partial charge in [-0.3, -0.25) is 4.79 Å². The average molecular weight is 242 g/mol. The zero-order valence-corrected chi connectivity index (χ0v) is 10.7. The third kappa shape index (κ3) is 2.97. The molecule has 1 aliphatic heterocycles. The Kier molecular flexibility index (Phi) is 4.51.